The standard InChI is InChI=1S/C14H16N2O3/c1-14(2,3)19-13(18)16-12(9-17)11-6-4-5-10(7-11)8-15/h4-7,9,12H,1-3H3,(H,16,18). The van der Waals surface area contributed by atoms with E-state index in [1.165, 1.54) is 0 Å². The van der Waals surface area contributed by atoms with Crippen molar-refractivity contribution in [2.45, 2.75) is 32.4 Å². The molecule has 1 atom stereocenters. The lowest BCUT2D eigenvalue weighted by molar-refractivity contribution is -0.109. The number of nitrogens with one attached hydrogen (secondary N) is 1. The average molecular weight is 260 g/mol. The lowest BCUT2D eigenvalue weighted by Gasteiger charge is -2.21. The van der Waals surface area contributed by atoms with E-state index in [1.54, 1.807) is 45.0 Å². The summed E-state index contributed by atoms with van der Waals surface area (Å²) in [4.78, 5) is 22.7. The number of carbonyl (C=O) groups is 2. The third kappa shape index (κ3) is 4.80. The summed E-state index contributed by atoms with van der Waals surface area (Å²) in [5.74, 6) is 0. The van der Waals surface area contributed by atoms with Gasteiger partial charge >= 0.3 is 6.09 Å². The van der Waals surface area contributed by atoms with Crippen molar-refractivity contribution in [2.24, 2.45) is 0 Å². The van der Waals surface area contributed by atoms with Gasteiger partial charge in [-0.2, -0.15) is 5.26 Å². The largest absolute Gasteiger partial charge is 0.444 e. The van der Waals surface area contributed by atoms with Gasteiger partial charge in [-0.25, -0.2) is 4.79 Å². The van der Waals surface area contributed by atoms with Gasteiger partial charge in [0.25, 0.3) is 0 Å². The Kier molecular flexibility index (Phi) is 4.65. The van der Waals surface area contributed by atoms with E-state index in [2.05, 4.69) is 5.32 Å². The third-order valence-electron chi connectivity index (χ3n) is 2.18. The fourth-order valence-electron chi connectivity index (χ4n) is 1.43. The molecule has 5 heteroatoms. The van der Waals surface area contributed by atoms with Gasteiger partial charge in [-0.1, -0.05) is 12.1 Å². The molecular formula is C14H16N2O3. The normalized spacial score (nSPS) is 12.1. The second-order valence-corrected chi connectivity index (χ2v) is 5.00. The molecule has 1 N–H and O–H groups in total. The van der Waals surface area contributed by atoms with Crippen LogP contribution in [0.25, 0.3) is 0 Å². The number of alkyl carbamates (subject to hydrolysis) is 1. The highest BCUT2D eigenvalue weighted by atomic mass is 16.6. The number of hydrogen-bond donors (Lipinski definition) is 1. The number of hydrogen-bond acceptors (Lipinski definition) is 4. The second-order valence-electron chi connectivity index (χ2n) is 5.00. The van der Waals surface area contributed by atoms with Crippen molar-refractivity contribution in [3.63, 3.8) is 0 Å². The fraction of sp³-hybridized carbons (Fsp3) is 0.357. The van der Waals surface area contributed by atoms with Crippen molar-refractivity contribution in [3.8, 4) is 6.07 Å². The molecule has 0 aliphatic carbocycles. The lowest BCUT2D eigenvalue weighted by Crippen LogP contribution is -2.35. The second kappa shape index (κ2) is 6.01. The summed E-state index contributed by atoms with van der Waals surface area (Å²) < 4.78 is 5.07. The van der Waals surface area contributed by atoms with E-state index in [1.807, 2.05) is 6.07 Å². The molecule has 0 heterocycles. The predicted molar refractivity (Wildman–Crippen MR) is 69.3 cm³/mol. The Morgan fingerprint density at radius 3 is 2.68 bits per heavy atom. The van der Waals surface area contributed by atoms with Gasteiger partial charge in [-0.05, 0) is 38.5 Å². The molecule has 0 spiro atoms. The van der Waals surface area contributed by atoms with Crippen LogP contribution in [0.2, 0.25) is 0 Å². The molecule has 1 unspecified atom stereocenters. The van der Waals surface area contributed by atoms with Gasteiger partial charge in [0.15, 0.2) is 0 Å². The van der Waals surface area contributed by atoms with Crippen molar-refractivity contribution in [1.82, 2.24) is 5.32 Å². The molecule has 1 rings (SSSR count). The van der Waals surface area contributed by atoms with Crippen LogP contribution < -0.4 is 5.32 Å². The number of amides is 1. The van der Waals surface area contributed by atoms with Crippen LogP contribution in [0.3, 0.4) is 0 Å². The molecule has 0 bridgehead atoms. The first kappa shape index (κ1) is 14.7. The maximum Gasteiger partial charge on any atom is 0.408 e. The SMILES string of the molecule is CC(C)(C)OC(=O)NC(C=O)c1cccc(C#N)c1. The summed E-state index contributed by atoms with van der Waals surface area (Å²) in [6, 6.07) is 7.64. The molecule has 0 saturated heterocycles. The van der Waals surface area contributed by atoms with Gasteiger partial charge in [0, 0.05) is 0 Å². The Hall–Kier alpha value is -2.35. The van der Waals surface area contributed by atoms with Crippen LogP contribution in [-0.2, 0) is 9.53 Å². The topological polar surface area (TPSA) is 79.2 Å². The van der Waals surface area contributed by atoms with Gasteiger partial charge < -0.3 is 14.8 Å². The lowest BCUT2D eigenvalue weighted by atomic mass is 10.1. The van der Waals surface area contributed by atoms with Crippen molar-refractivity contribution in [3.05, 3.63) is 35.4 Å². The smallest absolute Gasteiger partial charge is 0.408 e. The summed E-state index contributed by atoms with van der Waals surface area (Å²) in [7, 11) is 0. The molecule has 5 nitrogen and oxygen atoms in total. The van der Waals surface area contributed by atoms with Gasteiger partial charge in [-0.3, -0.25) is 0 Å². The van der Waals surface area contributed by atoms with Gasteiger partial charge in [0.2, 0.25) is 0 Å². The van der Waals surface area contributed by atoms with Gasteiger partial charge in [0.05, 0.1) is 11.6 Å². The minimum Gasteiger partial charge on any atom is -0.444 e. The van der Waals surface area contributed by atoms with E-state index in [0.29, 0.717) is 17.4 Å². The van der Waals surface area contributed by atoms with E-state index < -0.39 is 17.7 Å². The van der Waals surface area contributed by atoms with Crippen LogP contribution in [0.5, 0.6) is 0 Å². The molecule has 100 valence electrons. The number of carbonyl (C=O) groups excluding carboxylic acids is 2. The molecular weight excluding hydrogens is 244 g/mol. The van der Waals surface area contributed by atoms with Gasteiger partial charge in [-0.15, -0.1) is 0 Å². The number of nitriles is 1. The molecule has 0 radical (unpaired) electrons. The Balaban J connectivity index is 2.81. The van der Waals surface area contributed by atoms with Crippen LogP contribution in [0.1, 0.15) is 37.9 Å². The maximum atomic E-state index is 11.6. The molecule has 1 aromatic rings. The van der Waals surface area contributed by atoms with Crippen LogP contribution in [-0.4, -0.2) is 18.0 Å². The van der Waals surface area contributed by atoms with Crippen LogP contribution >= 0.6 is 0 Å². The number of nitrogens with zero attached hydrogens (tertiary/aromatic N) is 1. The quantitative estimate of drug-likeness (QED) is 0.846. The molecule has 0 aliphatic rings. The molecule has 0 aromatic heterocycles. The van der Waals surface area contributed by atoms with Crippen LogP contribution in [0.15, 0.2) is 24.3 Å². The van der Waals surface area contributed by atoms with E-state index in [0.717, 1.165) is 0 Å². The zero-order valence-electron chi connectivity index (χ0n) is 11.1. The first-order chi connectivity index (χ1) is 8.85. The van der Waals surface area contributed by atoms with Crippen molar-refractivity contribution >= 4 is 12.4 Å². The molecule has 0 saturated carbocycles. The third-order valence-corrected chi connectivity index (χ3v) is 2.18. The van der Waals surface area contributed by atoms with E-state index >= 15 is 0 Å². The molecule has 1 amide bonds. The summed E-state index contributed by atoms with van der Waals surface area (Å²) >= 11 is 0. The molecule has 0 fully saturated rings. The molecule has 0 aliphatic heterocycles. The van der Waals surface area contributed by atoms with Gasteiger partial charge in [0.1, 0.15) is 17.9 Å². The summed E-state index contributed by atoms with van der Waals surface area (Å²) in [6.07, 6.45) is -0.0765. The highest BCUT2D eigenvalue weighted by Gasteiger charge is 2.20. The van der Waals surface area contributed by atoms with Crippen molar-refractivity contribution in [2.75, 3.05) is 0 Å². The summed E-state index contributed by atoms with van der Waals surface area (Å²) in [5.41, 5.74) is 0.335. The number of rotatable bonds is 3. The minimum absolute atomic E-state index is 0.426. The number of ether oxygens (including phenoxy) is 1. The molecule has 1 aromatic carbocycles. The van der Waals surface area contributed by atoms with Crippen molar-refractivity contribution in [1.29, 1.82) is 5.26 Å². The Labute approximate surface area is 112 Å². The number of benzene rings is 1. The predicted octanol–water partition coefficient (Wildman–Crippen LogP) is 2.32. The maximum absolute atomic E-state index is 11.6. The van der Waals surface area contributed by atoms with Crippen LogP contribution in [0, 0.1) is 11.3 Å². The highest BCUT2D eigenvalue weighted by Crippen LogP contribution is 2.14. The average Bonchev–Trinajstić information content (AvgIpc) is 2.34. The van der Waals surface area contributed by atoms with Crippen LogP contribution in [0.4, 0.5) is 4.79 Å². The van der Waals surface area contributed by atoms with E-state index in [4.69, 9.17) is 10.00 Å². The Morgan fingerprint density at radius 1 is 1.47 bits per heavy atom. The van der Waals surface area contributed by atoms with E-state index in [-0.39, 0.29) is 0 Å². The zero-order valence-corrected chi connectivity index (χ0v) is 11.1. The van der Waals surface area contributed by atoms with E-state index in [9.17, 15) is 9.59 Å². The Bertz CT molecular complexity index is 512. The minimum atomic E-state index is -0.830. The number of aldehydes is 1. The first-order valence-electron chi connectivity index (χ1n) is 5.80. The first-order valence-corrected chi connectivity index (χ1v) is 5.80. The monoisotopic (exact) mass is 260 g/mol. The Morgan fingerprint density at radius 2 is 2.16 bits per heavy atom. The summed E-state index contributed by atoms with van der Waals surface area (Å²) in [5, 5.41) is 11.3. The summed E-state index contributed by atoms with van der Waals surface area (Å²) in [6.45, 7) is 5.20. The van der Waals surface area contributed by atoms with Crippen molar-refractivity contribution < 1.29 is 14.3 Å². The highest BCUT2D eigenvalue weighted by molar-refractivity contribution is 5.74. The molecule has 19 heavy (non-hydrogen) atoms. The fourth-order valence-corrected chi connectivity index (χ4v) is 1.43. The zero-order chi connectivity index (χ0) is 14.5.